The minimum atomic E-state index is -0.908. The third kappa shape index (κ3) is 4.26. The van der Waals surface area contributed by atoms with E-state index >= 15 is 0 Å². The van der Waals surface area contributed by atoms with E-state index in [-0.39, 0.29) is 0 Å². The van der Waals surface area contributed by atoms with Gasteiger partial charge in [0, 0.05) is 24.9 Å². The molecule has 5 heteroatoms. The SMILES string of the molecule is CCCCC1=NSc2ccccc2N1Cc1ccc(-c2ccccc2C(=O)O)cc1. The van der Waals surface area contributed by atoms with Gasteiger partial charge >= 0.3 is 5.97 Å². The molecule has 0 unspecified atom stereocenters. The zero-order valence-corrected chi connectivity index (χ0v) is 17.7. The number of carbonyl (C=O) groups is 1. The molecule has 4 rings (SSSR count). The highest BCUT2D eigenvalue weighted by Gasteiger charge is 2.22. The minimum absolute atomic E-state index is 0.321. The monoisotopic (exact) mass is 416 g/mol. The van der Waals surface area contributed by atoms with Crippen molar-refractivity contribution in [1.29, 1.82) is 0 Å². The highest BCUT2D eigenvalue weighted by molar-refractivity contribution is 7.98. The maximum atomic E-state index is 11.5. The molecule has 0 radical (unpaired) electrons. The molecular formula is C25H24N2O2S. The Balaban J connectivity index is 1.61. The highest BCUT2D eigenvalue weighted by atomic mass is 32.2. The maximum absolute atomic E-state index is 11.5. The van der Waals surface area contributed by atoms with Crippen LogP contribution in [0.15, 0.2) is 82.1 Å². The summed E-state index contributed by atoms with van der Waals surface area (Å²) in [6.07, 6.45) is 3.21. The summed E-state index contributed by atoms with van der Waals surface area (Å²) in [7, 11) is 0. The van der Waals surface area contributed by atoms with Crippen LogP contribution in [0.25, 0.3) is 11.1 Å². The second-order valence-electron chi connectivity index (χ2n) is 7.30. The molecule has 0 atom stereocenters. The van der Waals surface area contributed by atoms with Gasteiger partial charge in [-0.3, -0.25) is 0 Å². The number of hydrogen-bond acceptors (Lipinski definition) is 4. The Morgan fingerprint density at radius 1 is 1.00 bits per heavy atom. The van der Waals surface area contributed by atoms with Crippen molar-refractivity contribution < 1.29 is 9.90 Å². The van der Waals surface area contributed by atoms with Gasteiger partial charge in [0.05, 0.1) is 16.1 Å². The molecule has 1 aliphatic rings. The molecule has 0 aliphatic carbocycles. The molecule has 0 amide bonds. The van der Waals surface area contributed by atoms with Gasteiger partial charge in [-0.2, -0.15) is 4.40 Å². The molecule has 0 saturated heterocycles. The van der Waals surface area contributed by atoms with Crippen LogP contribution in [-0.2, 0) is 6.54 Å². The van der Waals surface area contributed by atoms with Crippen LogP contribution in [0.5, 0.6) is 0 Å². The van der Waals surface area contributed by atoms with Crippen LogP contribution < -0.4 is 4.90 Å². The summed E-state index contributed by atoms with van der Waals surface area (Å²) in [6.45, 7) is 2.93. The van der Waals surface area contributed by atoms with Crippen molar-refractivity contribution in [3.8, 4) is 11.1 Å². The second-order valence-corrected chi connectivity index (χ2v) is 8.11. The average Bonchev–Trinajstić information content (AvgIpc) is 2.79. The Morgan fingerprint density at radius 2 is 1.73 bits per heavy atom. The van der Waals surface area contributed by atoms with E-state index in [2.05, 4.69) is 42.2 Å². The molecule has 1 heterocycles. The second kappa shape index (κ2) is 9.18. The Labute approximate surface area is 181 Å². The van der Waals surface area contributed by atoms with Crippen LogP contribution in [0.4, 0.5) is 5.69 Å². The average molecular weight is 417 g/mol. The van der Waals surface area contributed by atoms with Gasteiger partial charge in [-0.15, -0.1) is 0 Å². The number of aromatic carboxylic acids is 1. The minimum Gasteiger partial charge on any atom is -0.478 e. The van der Waals surface area contributed by atoms with Crippen molar-refractivity contribution in [2.45, 2.75) is 37.6 Å². The molecule has 152 valence electrons. The van der Waals surface area contributed by atoms with Gasteiger partial charge in [-0.1, -0.05) is 67.9 Å². The van der Waals surface area contributed by atoms with Gasteiger partial charge in [-0.25, -0.2) is 4.79 Å². The fourth-order valence-electron chi connectivity index (χ4n) is 3.63. The number of carboxylic acids is 1. The lowest BCUT2D eigenvalue weighted by molar-refractivity contribution is 0.0697. The summed E-state index contributed by atoms with van der Waals surface area (Å²) in [5.74, 6) is 0.203. The Bertz CT molecular complexity index is 1080. The summed E-state index contributed by atoms with van der Waals surface area (Å²) in [6, 6.07) is 23.7. The number of para-hydroxylation sites is 1. The van der Waals surface area contributed by atoms with Gasteiger partial charge in [0.1, 0.15) is 5.84 Å². The van der Waals surface area contributed by atoms with Gasteiger partial charge in [0.15, 0.2) is 0 Å². The van der Waals surface area contributed by atoms with E-state index in [1.807, 2.05) is 30.3 Å². The van der Waals surface area contributed by atoms with E-state index in [0.717, 1.165) is 48.3 Å². The predicted octanol–water partition coefficient (Wildman–Crippen LogP) is 6.67. The standard InChI is InChI=1S/C25H24N2O2S/c1-2-3-12-24-26-30-23-11-7-6-10-22(23)27(24)17-18-13-15-19(16-14-18)20-8-4-5-9-21(20)25(28)29/h4-11,13-16H,2-3,12,17H2,1H3,(H,28,29). The fraction of sp³-hybridized carbons (Fsp3) is 0.200. The first kappa shape index (κ1) is 20.2. The predicted molar refractivity (Wildman–Crippen MR) is 124 cm³/mol. The number of fused-ring (bicyclic) bond motifs is 1. The van der Waals surface area contributed by atoms with E-state index in [0.29, 0.717) is 5.56 Å². The van der Waals surface area contributed by atoms with Crippen molar-refractivity contribution in [3.63, 3.8) is 0 Å². The first-order valence-corrected chi connectivity index (χ1v) is 11.0. The topological polar surface area (TPSA) is 52.9 Å². The van der Waals surface area contributed by atoms with Crippen LogP contribution in [0.2, 0.25) is 0 Å². The van der Waals surface area contributed by atoms with E-state index in [1.54, 1.807) is 24.1 Å². The summed E-state index contributed by atoms with van der Waals surface area (Å²) in [5.41, 5.74) is 4.33. The number of rotatable bonds is 7. The summed E-state index contributed by atoms with van der Waals surface area (Å²) >= 11 is 1.56. The number of carboxylic acid groups (broad SMARTS) is 1. The van der Waals surface area contributed by atoms with Crippen LogP contribution in [-0.4, -0.2) is 16.9 Å². The molecule has 30 heavy (non-hydrogen) atoms. The molecule has 0 saturated carbocycles. The van der Waals surface area contributed by atoms with Gasteiger partial charge in [0.25, 0.3) is 0 Å². The number of amidine groups is 1. The molecule has 4 nitrogen and oxygen atoms in total. The number of benzene rings is 3. The lowest BCUT2D eigenvalue weighted by Gasteiger charge is -2.31. The van der Waals surface area contributed by atoms with E-state index in [9.17, 15) is 9.90 Å². The van der Waals surface area contributed by atoms with Crippen molar-refractivity contribution >= 4 is 29.4 Å². The van der Waals surface area contributed by atoms with Crippen LogP contribution in [0.3, 0.4) is 0 Å². The third-order valence-corrected chi connectivity index (χ3v) is 6.08. The van der Waals surface area contributed by atoms with E-state index in [4.69, 9.17) is 4.40 Å². The van der Waals surface area contributed by atoms with Crippen LogP contribution >= 0.6 is 11.9 Å². The largest absolute Gasteiger partial charge is 0.478 e. The zero-order valence-electron chi connectivity index (χ0n) is 16.9. The number of unbranched alkanes of at least 4 members (excludes halogenated alkanes) is 1. The van der Waals surface area contributed by atoms with Crippen molar-refractivity contribution in [3.05, 3.63) is 83.9 Å². The van der Waals surface area contributed by atoms with Gasteiger partial charge in [0.2, 0.25) is 0 Å². The maximum Gasteiger partial charge on any atom is 0.336 e. The normalized spacial score (nSPS) is 13.0. The van der Waals surface area contributed by atoms with Crippen LogP contribution in [0.1, 0.15) is 42.1 Å². The Morgan fingerprint density at radius 3 is 2.50 bits per heavy atom. The van der Waals surface area contributed by atoms with Crippen molar-refractivity contribution in [2.24, 2.45) is 4.40 Å². The van der Waals surface area contributed by atoms with Crippen molar-refractivity contribution in [2.75, 3.05) is 4.90 Å². The third-order valence-electron chi connectivity index (χ3n) is 5.23. The lowest BCUT2D eigenvalue weighted by Crippen LogP contribution is -2.32. The first-order chi connectivity index (χ1) is 14.7. The number of anilines is 1. The number of nitrogens with zero attached hydrogens (tertiary/aromatic N) is 2. The smallest absolute Gasteiger partial charge is 0.336 e. The Kier molecular flexibility index (Phi) is 6.19. The summed E-state index contributed by atoms with van der Waals surface area (Å²) < 4.78 is 4.78. The molecule has 3 aromatic carbocycles. The molecule has 1 N–H and O–H groups in total. The van der Waals surface area contributed by atoms with Gasteiger partial charge < -0.3 is 10.0 Å². The van der Waals surface area contributed by atoms with Crippen molar-refractivity contribution in [1.82, 2.24) is 0 Å². The molecule has 3 aromatic rings. The fourth-order valence-corrected chi connectivity index (χ4v) is 4.44. The van der Waals surface area contributed by atoms with Gasteiger partial charge in [-0.05, 0) is 41.3 Å². The summed E-state index contributed by atoms with van der Waals surface area (Å²) in [4.78, 5) is 15.0. The molecule has 0 bridgehead atoms. The van der Waals surface area contributed by atoms with E-state index in [1.165, 1.54) is 10.6 Å². The number of hydrogen-bond donors (Lipinski definition) is 1. The summed E-state index contributed by atoms with van der Waals surface area (Å²) in [5, 5.41) is 9.47. The van der Waals surface area contributed by atoms with Crippen LogP contribution in [0, 0.1) is 0 Å². The molecular weight excluding hydrogens is 392 g/mol. The quantitative estimate of drug-likeness (QED) is 0.437. The molecule has 0 spiro atoms. The first-order valence-electron chi connectivity index (χ1n) is 10.2. The lowest BCUT2D eigenvalue weighted by atomic mass is 9.98. The Hall–Kier alpha value is -3.05. The van der Waals surface area contributed by atoms with E-state index < -0.39 is 5.97 Å². The zero-order chi connectivity index (χ0) is 20.9. The highest BCUT2D eigenvalue weighted by Crippen LogP contribution is 2.37. The molecule has 1 aliphatic heterocycles. The molecule has 0 aromatic heterocycles. The molecule has 0 fully saturated rings.